The standard InChI is InChI=1S/C19H18ClNO3/c1-24-19(23)16(18(22)12-5-4-6-14(20)9-12)10-13-11-21-17-8-3-2-7-15(13)17/h2-9,11,16,18,21-22H,10H2,1H3/t16-,18+/m0/s1. The average molecular weight is 344 g/mol. The summed E-state index contributed by atoms with van der Waals surface area (Å²) in [6.45, 7) is 0. The molecule has 0 fully saturated rings. The van der Waals surface area contributed by atoms with Gasteiger partial charge >= 0.3 is 5.97 Å². The van der Waals surface area contributed by atoms with Crippen LogP contribution in [0.5, 0.6) is 0 Å². The van der Waals surface area contributed by atoms with Gasteiger partial charge in [0, 0.05) is 22.1 Å². The number of carbonyl (C=O) groups is 1. The Bertz CT molecular complexity index is 858. The number of nitrogens with one attached hydrogen (secondary N) is 1. The summed E-state index contributed by atoms with van der Waals surface area (Å²) in [5, 5.41) is 12.3. The van der Waals surface area contributed by atoms with Crippen molar-refractivity contribution in [1.82, 2.24) is 4.98 Å². The Morgan fingerprint density at radius 2 is 2.04 bits per heavy atom. The van der Waals surface area contributed by atoms with Crippen LogP contribution in [-0.2, 0) is 16.0 Å². The van der Waals surface area contributed by atoms with Crippen molar-refractivity contribution in [1.29, 1.82) is 0 Å². The predicted molar refractivity (Wildman–Crippen MR) is 93.9 cm³/mol. The molecule has 0 bridgehead atoms. The molecule has 0 unspecified atom stereocenters. The molecule has 0 aliphatic carbocycles. The second-order valence-corrected chi connectivity index (χ2v) is 6.13. The summed E-state index contributed by atoms with van der Waals surface area (Å²) in [4.78, 5) is 15.4. The number of methoxy groups -OCH3 is 1. The maximum Gasteiger partial charge on any atom is 0.311 e. The van der Waals surface area contributed by atoms with Gasteiger partial charge in [0.25, 0.3) is 0 Å². The highest BCUT2D eigenvalue weighted by Crippen LogP contribution is 2.30. The molecular weight excluding hydrogens is 326 g/mol. The molecule has 0 radical (unpaired) electrons. The van der Waals surface area contributed by atoms with E-state index in [1.807, 2.05) is 30.5 Å². The molecule has 4 nitrogen and oxygen atoms in total. The number of aliphatic hydroxyl groups excluding tert-OH is 1. The Hall–Kier alpha value is -2.30. The first-order chi connectivity index (χ1) is 11.6. The maximum atomic E-state index is 12.2. The van der Waals surface area contributed by atoms with Crippen molar-refractivity contribution < 1.29 is 14.6 Å². The van der Waals surface area contributed by atoms with Crippen molar-refractivity contribution in [3.05, 3.63) is 70.9 Å². The number of hydrogen-bond donors (Lipinski definition) is 2. The highest BCUT2D eigenvalue weighted by atomic mass is 35.5. The molecule has 0 aliphatic heterocycles. The number of rotatable bonds is 5. The van der Waals surface area contributed by atoms with Crippen LogP contribution in [0.3, 0.4) is 0 Å². The van der Waals surface area contributed by atoms with E-state index >= 15 is 0 Å². The van der Waals surface area contributed by atoms with Gasteiger partial charge in [-0.05, 0) is 35.7 Å². The molecule has 2 N–H and O–H groups in total. The molecule has 24 heavy (non-hydrogen) atoms. The Labute approximate surface area is 145 Å². The number of aliphatic hydroxyl groups is 1. The molecule has 0 saturated carbocycles. The lowest BCUT2D eigenvalue weighted by molar-refractivity contribution is -0.149. The average Bonchev–Trinajstić information content (AvgIpc) is 3.01. The molecule has 0 aliphatic rings. The minimum Gasteiger partial charge on any atom is -0.469 e. The van der Waals surface area contributed by atoms with Crippen LogP contribution in [0.2, 0.25) is 5.02 Å². The van der Waals surface area contributed by atoms with Crippen LogP contribution in [0.15, 0.2) is 54.7 Å². The summed E-state index contributed by atoms with van der Waals surface area (Å²) >= 11 is 6.00. The maximum absolute atomic E-state index is 12.2. The molecule has 1 aromatic heterocycles. The fourth-order valence-electron chi connectivity index (χ4n) is 2.94. The van der Waals surface area contributed by atoms with Gasteiger partial charge < -0.3 is 14.8 Å². The monoisotopic (exact) mass is 343 g/mol. The Morgan fingerprint density at radius 3 is 2.79 bits per heavy atom. The molecule has 124 valence electrons. The van der Waals surface area contributed by atoms with Crippen LogP contribution < -0.4 is 0 Å². The first-order valence-corrected chi connectivity index (χ1v) is 8.04. The zero-order chi connectivity index (χ0) is 17.1. The summed E-state index contributed by atoms with van der Waals surface area (Å²) in [6.07, 6.45) is 1.24. The van der Waals surface area contributed by atoms with E-state index in [2.05, 4.69) is 4.98 Å². The van der Waals surface area contributed by atoms with Gasteiger partial charge in [0.2, 0.25) is 0 Å². The highest BCUT2D eigenvalue weighted by molar-refractivity contribution is 6.30. The number of ether oxygens (including phenoxy) is 1. The largest absolute Gasteiger partial charge is 0.469 e. The smallest absolute Gasteiger partial charge is 0.311 e. The van der Waals surface area contributed by atoms with E-state index < -0.39 is 18.0 Å². The third-order valence-electron chi connectivity index (χ3n) is 4.19. The lowest BCUT2D eigenvalue weighted by Crippen LogP contribution is -2.25. The number of aromatic nitrogens is 1. The number of hydrogen-bond acceptors (Lipinski definition) is 3. The Kier molecular flexibility index (Phi) is 4.88. The molecule has 0 amide bonds. The van der Waals surface area contributed by atoms with Gasteiger partial charge in [0.05, 0.1) is 19.1 Å². The van der Waals surface area contributed by atoms with Crippen molar-refractivity contribution in [3.63, 3.8) is 0 Å². The molecule has 2 atom stereocenters. The van der Waals surface area contributed by atoms with Crippen LogP contribution in [0.25, 0.3) is 10.9 Å². The molecule has 3 aromatic rings. The van der Waals surface area contributed by atoms with Crippen molar-refractivity contribution in [2.75, 3.05) is 7.11 Å². The van der Waals surface area contributed by atoms with E-state index in [-0.39, 0.29) is 0 Å². The second kappa shape index (κ2) is 7.07. The fraction of sp³-hybridized carbons (Fsp3) is 0.211. The quantitative estimate of drug-likeness (QED) is 0.691. The number of carbonyl (C=O) groups excluding carboxylic acids is 1. The number of H-pyrrole nitrogens is 1. The summed E-state index contributed by atoms with van der Waals surface area (Å²) < 4.78 is 4.90. The van der Waals surface area contributed by atoms with Gasteiger partial charge in [0.1, 0.15) is 0 Å². The van der Waals surface area contributed by atoms with Gasteiger partial charge in [0.15, 0.2) is 0 Å². The van der Waals surface area contributed by atoms with Gasteiger partial charge in [-0.25, -0.2) is 0 Å². The van der Waals surface area contributed by atoms with Gasteiger partial charge in [-0.3, -0.25) is 4.79 Å². The number of esters is 1. The summed E-state index contributed by atoms with van der Waals surface area (Å²) in [5.41, 5.74) is 2.55. The van der Waals surface area contributed by atoms with E-state index in [4.69, 9.17) is 16.3 Å². The fourth-order valence-corrected chi connectivity index (χ4v) is 3.13. The first kappa shape index (κ1) is 16.6. The van der Waals surface area contributed by atoms with Gasteiger partial charge in [-0.2, -0.15) is 0 Å². The third kappa shape index (κ3) is 3.30. The molecule has 0 spiro atoms. The lowest BCUT2D eigenvalue weighted by Gasteiger charge is -2.21. The summed E-state index contributed by atoms with van der Waals surface area (Å²) in [5.74, 6) is -1.17. The van der Waals surface area contributed by atoms with E-state index in [0.717, 1.165) is 16.5 Å². The van der Waals surface area contributed by atoms with E-state index in [1.54, 1.807) is 24.3 Å². The zero-order valence-corrected chi connectivity index (χ0v) is 14.0. The third-order valence-corrected chi connectivity index (χ3v) is 4.43. The van der Waals surface area contributed by atoms with Crippen LogP contribution in [0.4, 0.5) is 0 Å². The molecule has 1 heterocycles. The predicted octanol–water partition coefficient (Wildman–Crippen LogP) is 3.89. The minimum absolute atomic E-state index is 0.365. The Balaban J connectivity index is 1.93. The zero-order valence-electron chi connectivity index (χ0n) is 13.2. The molecule has 0 saturated heterocycles. The normalized spacial score (nSPS) is 13.6. The van der Waals surface area contributed by atoms with Crippen molar-refractivity contribution in [2.24, 2.45) is 5.92 Å². The van der Waals surface area contributed by atoms with Crippen molar-refractivity contribution in [3.8, 4) is 0 Å². The van der Waals surface area contributed by atoms with Crippen molar-refractivity contribution >= 4 is 28.5 Å². The van der Waals surface area contributed by atoms with Crippen LogP contribution >= 0.6 is 11.6 Å². The second-order valence-electron chi connectivity index (χ2n) is 5.69. The number of benzene rings is 2. The van der Waals surface area contributed by atoms with Crippen LogP contribution in [0.1, 0.15) is 17.2 Å². The minimum atomic E-state index is -0.996. The molecule has 5 heteroatoms. The lowest BCUT2D eigenvalue weighted by atomic mass is 9.89. The summed E-state index contributed by atoms with van der Waals surface area (Å²) in [7, 11) is 1.33. The Morgan fingerprint density at radius 1 is 1.25 bits per heavy atom. The molecule has 3 rings (SSSR count). The molecular formula is C19H18ClNO3. The van der Waals surface area contributed by atoms with Gasteiger partial charge in [-0.15, -0.1) is 0 Å². The number of para-hydroxylation sites is 1. The van der Waals surface area contributed by atoms with Gasteiger partial charge in [-0.1, -0.05) is 41.9 Å². The number of halogens is 1. The highest BCUT2D eigenvalue weighted by Gasteiger charge is 2.30. The SMILES string of the molecule is COC(=O)[C@@H](Cc1c[nH]c2ccccc12)[C@H](O)c1cccc(Cl)c1. The van der Waals surface area contributed by atoms with E-state index in [1.165, 1.54) is 7.11 Å². The van der Waals surface area contributed by atoms with E-state index in [0.29, 0.717) is 17.0 Å². The summed E-state index contributed by atoms with van der Waals surface area (Å²) in [6, 6.07) is 14.7. The number of fused-ring (bicyclic) bond motifs is 1. The first-order valence-electron chi connectivity index (χ1n) is 7.66. The van der Waals surface area contributed by atoms with E-state index in [9.17, 15) is 9.90 Å². The number of aromatic amines is 1. The molecule has 2 aromatic carbocycles. The van der Waals surface area contributed by atoms with Crippen molar-refractivity contribution in [2.45, 2.75) is 12.5 Å². The van der Waals surface area contributed by atoms with Crippen LogP contribution in [0, 0.1) is 5.92 Å². The van der Waals surface area contributed by atoms with Crippen LogP contribution in [-0.4, -0.2) is 23.2 Å². The topological polar surface area (TPSA) is 62.3 Å².